The molecular weight excluding hydrogens is 262 g/mol. The molecule has 0 bridgehead atoms. The number of aromatic nitrogens is 2. The van der Waals surface area contributed by atoms with Crippen LogP contribution in [0.25, 0.3) is 0 Å². The van der Waals surface area contributed by atoms with Crippen LogP contribution in [0.3, 0.4) is 0 Å². The van der Waals surface area contributed by atoms with Crippen molar-refractivity contribution < 1.29 is 0 Å². The van der Waals surface area contributed by atoms with Crippen molar-refractivity contribution in [2.75, 3.05) is 42.9 Å². The third-order valence-electron chi connectivity index (χ3n) is 4.17. The van der Waals surface area contributed by atoms with E-state index in [1.165, 1.54) is 5.56 Å². The molecule has 0 amide bonds. The lowest BCUT2D eigenvalue weighted by atomic mass is 10.2. The van der Waals surface area contributed by atoms with E-state index in [-0.39, 0.29) is 0 Å². The summed E-state index contributed by atoms with van der Waals surface area (Å²) in [7, 11) is 0. The summed E-state index contributed by atoms with van der Waals surface area (Å²) in [5, 5.41) is 3.37. The minimum absolute atomic E-state index is 0.627. The number of nitrogens with one attached hydrogen (secondary N) is 1. The van der Waals surface area contributed by atoms with Gasteiger partial charge in [0.25, 0.3) is 0 Å². The number of aryl methyl sites for hydroxylation is 1. The largest absolute Gasteiger partial charge is 0.370 e. The van der Waals surface area contributed by atoms with Crippen molar-refractivity contribution in [2.45, 2.75) is 47.1 Å². The van der Waals surface area contributed by atoms with Gasteiger partial charge in [-0.15, -0.1) is 0 Å². The monoisotopic (exact) mass is 291 g/mol. The first-order chi connectivity index (χ1) is 10.1. The Morgan fingerprint density at radius 1 is 1.10 bits per heavy atom. The minimum Gasteiger partial charge on any atom is -0.370 e. The van der Waals surface area contributed by atoms with Gasteiger partial charge in [-0.2, -0.15) is 0 Å². The number of nitrogens with zero attached hydrogens (tertiary/aromatic N) is 4. The molecule has 2 rings (SSSR count). The Hall–Kier alpha value is -1.36. The molecule has 1 aromatic heterocycles. The van der Waals surface area contributed by atoms with Crippen LogP contribution in [0.1, 0.15) is 39.1 Å². The van der Waals surface area contributed by atoms with Gasteiger partial charge in [0.1, 0.15) is 17.5 Å². The highest BCUT2D eigenvalue weighted by Gasteiger charge is 2.22. The van der Waals surface area contributed by atoms with E-state index in [1.54, 1.807) is 0 Å². The summed E-state index contributed by atoms with van der Waals surface area (Å²) >= 11 is 0. The van der Waals surface area contributed by atoms with Crippen molar-refractivity contribution in [3.8, 4) is 0 Å². The predicted molar refractivity (Wildman–Crippen MR) is 89.2 cm³/mol. The summed E-state index contributed by atoms with van der Waals surface area (Å²) in [4.78, 5) is 14.3. The number of rotatable bonds is 5. The van der Waals surface area contributed by atoms with Gasteiger partial charge >= 0.3 is 0 Å². The third-order valence-corrected chi connectivity index (χ3v) is 4.17. The van der Waals surface area contributed by atoms with Crippen molar-refractivity contribution in [1.29, 1.82) is 0 Å². The highest BCUT2D eigenvalue weighted by Crippen LogP contribution is 2.25. The Balaban J connectivity index is 2.21. The van der Waals surface area contributed by atoms with Crippen molar-refractivity contribution >= 4 is 11.6 Å². The molecule has 0 aromatic carbocycles. The number of hydrogen-bond donors (Lipinski definition) is 1. The second-order valence-electron chi connectivity index (χ2n) is 5.94. The van der Waals surface area contributed by atoms with Crippen LogP contribution in [0.15, 0.2) is 0 Å². The molecule has 1 aromatic rings. The van der Waals surface area contributed by atoms with Crippen LogP contribution in [0.2, 0.25) is 0 Å². The highest BCUT2D eigenvalue weighted by molar-refractivity contribution is 5.59. The van der Waals surface area contributed by atoms with Crippen LogP contribution in [-0.2, 0) is 6.42 Å². The lowest BCUT2D eigenvalue weighted by Gasteiger charge is -2.38. The first kappa shape index (κ1) is 16.0. The second kappa shape index (κ2) is 7.07. The molecule has 1 aliphatic heterocycles. The molecule has 5 nitrogen and oxygen atoms in total. The molecule has 0 atom stereocenters. The minimum atomic E-state index is 0.627. The quantitative estimate of drug-likeness (QED) is 0.902. The zero-order valence-corrected chi connectivity index (χ0v) is 14.1. The van der Waals surface area contributed by atoms with Gasteiger partial charge in [-0.1, -0.05) is 6.92 Å². The average Bonchev–Trinajstić information content (AvgIpc) is 2.49. The maximum atomic E-state index is 4.78. The molecule has 0 aliphatic carbocycles. The van der Waals surface area contributed by atoms with Crippen LogP contribution in [-0.4, -0.2) is 53.6 Å². The van der Waals surface area contributed by atoms with Gasteiger partial charge in [0.15, 0.2) is 0 Å². The van der Waals surface area contributed by atoms with Gasteiger partial charge in [-0.05, 0) is 27.7 Å². The Morgan fingerprint density at radius 2 is 1.76 bits per heavy atom. The molecule has 118 valence electrons. The molecule has 1 fully saturated rings. The van der Waals surface area contributed by atoms with Gasteiger partial charge < -0.3 is 10.2 Å². The maximum absolute atomic E-state index is 4.78. The van der Waals surface area contributed by atoms with Gasteiger partial charge in [0, 0.05) is 50.7 Å². The molecule has 1 saturated heterocycles. The topological polar surface area (TPSA) is 44.3 Å². The standard InChI is InChI=1S/C16H29N5/c1-6-14-18-15(17-7-2)13(5)16(19-14)21-10-8-20(9-11-21)12(3)4/h12H,6-11H2,1-5H3,(H,17,18,19). The van der Waals surface area contributed by atoms with Crippen molar-refractivity contribution in [3.05, 3.63) is 11.4 Å². The van der Waals surface area contributed by atoms with Gasteiger partial charge in [0.2, 0.25) is 0 Å². The van der Waals surface area contributed by atoms with Crippen molar-refractivity contribution in [1.82, 2.24) is 14.9 Å². The molecular formula is C16H29N5. The Morgan fingerprint density at radius 3 is 2.29 bits per heavy atom. The smallest absolute Gasteiger partial charge is 0.137 e. The van der Waals surface area contributed by atoms with E-state index in [9.17, 15) is 0 Å². The molecule has 5 heteroatoms. The van der Waals surface area contributed by atoms with E-state index in [0.717, 1.165) is 56.6 Å². The Kier molecular flexibility index (Phi) is 5.39. The number of piperazine rings is 1. The molecule has 0 unspecified atom stereocenters. The highest BCUT2D eigenvalue weighted by atomic mass is 15.3. The van der Waals surface area contributed by atoms with Crippen LogP contribution >= 0.6 is 0 Å². The molecule has 0 radical (unpaired) electrons. The fourth-order valence-corrected chi connectivity index (χ4v) is 2.81. The van der Waals surface area contributed by atoms with E-state index in [2.05, 4.69) is 54.7 Å². The van der Waals surface area contributed by atoms with Gasteiger partial charge in [0.05, 0.1) is 0 Å². The summed E-state index contributed by atoms with van der Waals surface area (Å²) in [6, 6.07) is 0.627. The molecule has 1 N–H and O–H groups in total. The van der Waals surface area contributed by atoms with Crippen molar-refractivity contribution in [3.63, 3.8) is 0 Å². The molecule has 21 heavy (non-hydrogen) atoms. The van der Waals surface area contributed by atoms with Crippen LogP contribution in [0, 0.1) is 6.92 Å². The van der Waals surface area contributed by atoms with E-state index < -0.39 is 0 Å². The maximum Gasteiger partial charge on any atom is 0.137 e. The number of anilines is 2. The van der Waals surface area contributed by atoms with E-state index in [1.807, 2.05) is 0 Å². The molecule has 0 spiro atoms. The van der Waals surface area contributed by atoms with Gasteiger partial charge in [-0.3, -0.25) is 4.90 Å². The fourth-order valence-electron chi connectivity index (χ4n) is 2.81. The van der Waals surface area contributed by atoms with Crippen LogP contribution in [0.4, 0.5) is 11.6 Å². The molecule has 0 saturated carbocycles. The predicted octanol–water partition coefficient (Wildman–Crippen LogP) is 2.31. The number of hydrogen-bond acceptors (Lipinski definition) is 5. The molecule has 2 heterocycles. The lowest BCUT2D eigenvalue weighted by molar-refractivity contribution is 0.209. The average molecular weight is 291 g/mol. The summed E-state index contributed by atoms with van der Waals surface area (Å²) < 4.78 is 0. The first-order valence-electron chi connectivity index (χ1n) is 8.17. The van der Waals surface area contributed by atoms with E-state index >= 15 is 0 Å². The van der Waals surface area contributed by atoms with E-state index in [4.69, 9.17) is 4.98 Å². The first-order valence-corrected chi connectivity index (χ1v) is 8.17. The summed E-state index contributed by atoms with van der Waals surface area (Å²) in [5.41, 5.74) is 1.17. The Bertz CT molecular complexity index is 464. The van der Waals surface area contributed by atoms with Crippen LogP contribution < -0.4 is 10.2 Å². The molecule has 1 aliphatic rings. The lowest BCUT2D eigenvalue weighted by Crippen LogP contribution is -2.49. The summed E-state index contributed by atoms with van der Waals surface area (Å²) in [5.74, 6) is 3.03. The normalized spacial score (nSPS) is 16.6. The second-order valence-corrected chi connectivity index (χ2v) is 5.94. The zero-order valence-electron chi connectivity index (χ0n) is 14.1. The third kappa shape index (κ3) is 3.64. The zero-order chi connectivity index (χ0) is 15.4. The van der Waals surface area contributed by atoms with Crippen LogP contribution in [0.5, 0.6) is 0 Å². The summed E-state index contributed by atoms with van der Waals surface area (Å²) in [6.07, 6.45) is 0.873. The van der Waals surface area contributed by atoms with Gasteiger partial charge in [-0.25, -0.2) is 9.97 Å². The van der Waals surface area contributed by atoms with E-state index in [0.29, 0.717) is 6.04 Å². The SMILES string of the molecule is CCNc1nc(CC)nc(N2CCN(C(C)C)CC2)c1C. The van der Waals surface area contributed by atoms with Crippen molar-refractivity contribution in [2.24, 2.45) is 0 Å². The Labute approximate surface area is 128 Å². The summed E-state index contributed by atoms with van der Waals surface area (Å²) in [6.45, 7) is 16.1. The fraction of sp³-hybridized carbons (Fsp3) is 0.750.